The smallest absolute Gasteiger partial charge is 0.228 e. The fraction of sp³-hybridized carbons (Fsp3) is 0.345. The van der Waals surface area contributed by atoms with Crippen LogP contribution >= 0.6 is 0 Å². The third kappa shape index (κ3) is 3.12. The van der Waals surface area contributed by atoms with Crippen LogP contribution in [0.1, 0.15) is 70.5 Å². The number of nitrogens with one attached hydrogen (secondary N) is 1. The summed E-state index contributed by atoms with van der Waals surface area (Å²) in [5, 5.41) is 3.37. The third-order valence-electron chi connectivity index (χ3n) is 7.43. The molecule has 0 spiro atoms. The fourth-order valence-electron chi connectivity index (χ4n) is 6.40. The standard InChI is InChI=1S/C29H31NO/c1-5-10-24-25-20-11-6-8-13-22(20)26(23-14-9-7-12-21(23)25)27(24)29(31)30-28-18(3)15-17(2)16-19(28)4/h6-9,11-16,24-27H,5,10H2,1-4H3,(H,30,31). The van der Waals surface area contributed by atoms with Crippen LogP contribution in [0.15, 0.2) is 60.7 Å². The molecule has 3 aliphatic rings. The number of aryl methyl sites for hydroxylation is 3. The highest BCUT2D eigenvalue weighted by Crippen LogP contribution is 2.59. The van der Waals surface area contributed by atoms with Gasteiger partial charge in [-0.3, -0.25) is 4.79 Å². The monoisotopic (exact) mass is 409 g/mol. The number of rotatable bonds is 4. The molecule has 158 valence electrons. The highest BCUT2D eigenvalue weighted by atomic mass is 16.1. The highest BCUT2D eigenvalue weighted by molar-refractivity contribution is 5.96. The summed E-state index contributed by atoms with van der Waals surface area (Å²) in [6, 6.07) is 21.9. The summed E-state index contributed by atoms with van der Waals surface area (Å²) in [5.41, 5.74) is 10.0. The van der Waals surface area contributed by atoms with Gasteiger partial charge in [0.05, 0.1) is 5.92 Å². The lowest BCUT2D eigenvalue weighted by atomic mass is 9.53. The summed E-state index contributed by atoms with van der Waals surface area (Å²) in [6.07, 6.45) is 2.15. The Bertz CT molecular complexity index is 1090. The Morgan fingerprint density at radius 3 is 1.77 bits per heavy atom. The lowest BCUT2D eigenvalue weighted by Gasteiger charge is -2.50. The minimum atomic E-state index is -0.0464. The van der Waals surface area contributed by atoms with Crippen LogP contribution in [0.2, 0.25) is 0 Å². The minimum absolute atomic E-state index is 0.0464. The van der Waals surface area contributed by atoms with Gasteiger partial charge in [0, 0.05) is 17.5 Å². The molecule has 1 amide bonds. The Kier molecular flexibility index (Phi) is 4.97. The van der Waals surface area contributed by atoms with Crippen LogP contribution < -0.4 is 5.32 Å². The molecule has 0 saturated heterocycles. The first-order valence-electron chi connectivity index (χ1n) is 11.6. The van der Waals surface area contributed by atoms with Gasteiger partial charge in [0.25, 0.3) is 0 Å². The summed E-state index contributed by atoms with van der Waals surface area (Å²) in [6.45, 7) is 8.54. The average molecular weight is 410 g/mol. The predicted molar refractivity (Wildman–Crippen MR) is 128 cm³/mol. The summed E-state index contributed by atoms with van der Waals surface area (Å²) < 4.78 is 0. The second-order valence-electron chi connectivity index (χ2n) is 9.45. The van der Waals surface area contributed by atoms with Crippen molar-refractivity contribution in [3.8, 4) is 0 Å². The Balaban J connectivity index is 1.62. The molecular weight excluding hydrogens is 378 g/mol. The van der Waals surface area contributed by atoms with Gasteiger partial charge in [-0.15, -0.1) is 0 Å². The van der Waals surface area contributed by atoms with Crippen LogP contribution in [0, 0.1) is 32.6 Å². The molecular formula is C29H31NO. The Hall–Kier alpha value is -2.87. The van der Waals surface area contributed by atoms with Crippen LogP contribution in [-0.4, -0.2) is 5.91 Å². The minimum Gasteiger partial charge on any atom is -0.325 e. The van der Waals surface area contributed by atoms with Crippen molar-refractivity contribution >= 4 is 11.6 Å². The molecule has 2 nitrogen and oxygen atoms in total. The van der Waals surface area contributed by atoms with E-state index in [1.807, 2.05) is 0 Å². The molecule has 6 rings (SSSR count). The van der Waals surface area contributed by atoms with E-state index < -0.39 is 0 Å². The lowest BCUT2D eigenvalue weighted by Crippen LogP contribution is -2.45. The lowest BCUT2D eigenvalue weighted by molar-refractivity contribution is -0.123. The van der Waals surface area contributed by atoms with Crippen LogP contribution in [-0.2, 0) is 4.79 Å². The number of anilines is 1. The third-order valence-corrected chi connectivity index (χ3v) is 7.43. The maximum absolute atomic E-state index is 13.9. The first-order chi connectivity index (χ1) is 15.0. The zero-order valence-electron chi connectivity index (χ0n) is 18.9. The normalized spacial score (nSPS) is 23.2. The van der Waals surface area contributed by atoms with Crippen LogP contribution in [0.4, 0.5) is 5.69 Å². The largest absolute Gasteiger partial charge is 0.325 e. The van der Waals surface area contributed by atoms with Crippen molar-refractivity contribution in [3.63, 3.8) is 0 Å². The molecule has 0 heterocycles. The topological polar surface area (TPSA) is 29.1 Å². The van der Waals surface area contributed by atoms with Crippen molar-refractivity contribution in [2.24, 2.45) is 11.8 Å². The molecule has 0 aliphatic heterocycles. The second kappa shape index (κ2) is 7.67. The fourth-order valence-corrected chi connectivity index (χ4v) is 6.40. The number of carbonyl (C=O) groups is 1. The van der Waals surface area contributed by atoms with Gasteiger partial charge in [-0.2, -0.15) is 0 Å². The van der Waals surface area contributed by atoms with E-state index in [1.54, 1.807) is 0 Å². The van der Waals surface area contributed by atoms with Crippen molar-refractivity contribution in [2.75, 3.05) is 5.32 Å². The molecule has 0 aromatic heterocycles. The Labute approximate surface area is 185 Å². The molecule has 2 heteroatoms. The van der Waals surface area contributed by atoms with Gasteiger partial charge in [0.1, 0.15) is 0 Å². The zero-order valence-corrected chi connectivity index (χ0v) is 18.9. The molecule has 3 aromatic rings. The van der Waals surface area contributed by atoms with Gasteiger partial charge in [0.15, 0.2) is 0 Å². The van der Waals surface area contributed by atoms with Gasteiger partial charge in [0.2, 0.25) is 5.91 Å². The van der Waals surface area contributed by atoms with Crippen LogP contribution in [0.3, 0.4) is 0 Å². The highest BCUT2D eigenvalue weighted by Gasteiger charge is 2.51. The SMILES string of the molecule is CCCC1C2c3ccccc3C(c3ccccc32)C1C(=O)Nc1c(C)cc(C)cc1C. The average Bonchev–Trinajstić information content (AvgIpc) is 2.76. The number of amides is 1. The molecule has 2 unspecified atom stereocenters. The number of hydrogen-bond donors (Lipinski definition) is 1. The first-order valence-corrected chi connectivity index (χ1v) is 11.6. The van der Waals surface area contributed by atoms with E-state index in [9.17, 15) is 4.79 Å². The van der Waals surface area contributed by atoms with Crippen LogP contribution in [0.5, 0.6) is 0 Å². The molecule has 2 bridgehead atoms. The van der Waals surface area contributed by atoms with E-state index >= 15 is 0 Å². The van der Waals surface area contributed by atoms with E-state index in [0.29, 0.717) is 11.8 Å². The number of hydrogen-bond acceptors (Lipinski definition) is 1. The number of benzene rings is 3. The summed E-state index contributed by atoms with van der Waals surface area (Å²) >= 11 is 0. The maximum Gasteiger partial charge on any atom is 0.228 e. The zero-order chi connectivity index (χ0) is 21.7. The Morgan fingerprint density at radius 1 is 0.806 bits per heavy atom. The van der Waals surface area contributed by atoms with Crippen molar-refractivity contribution in [3.05, 3.63) is 99.6 Å². The summed E-state index contributed by atoms with van der Waals surface area (Å²) in [5.74, 6) is 0.876. The van der Waals surface area contributed by atoms with E-state index in [-0.39, 0.29) is 17.7 Å². The van der Waals surface area contributed by atoms with Crippen LogP contribution in [0.25, 0.3) is 0 Å². The van der Waals surface area contributed by atoms with E-state index in [0.717, 1.165) is 29.7 Å². The van der Waals surface area contributed by atoms with E-state index in [4.69, 9.17) is 0 Å². The number of carbonyl (C=O) groups excluding carboxylic acids is 1. The van der Waals surface area contributed by atoms with Crippen molar-refractivity contribution in [1.29, 1.82) is 0 Å². The van der Waals surface area contributed by atoms with Crippen molar-refractivity contribution < 1.29 is 4.79 Å². The van der Waals surface area contributed by atoms with Gasteiger partial charge >= 0.3 is 0 Å². The predicted octanol–water partition coefficient (Wildman–Crippen LogP) is 6.87. The van der Waals surface area contributed by atoms with Crippen molar-refractivity contribution in [2.45, 2.75) is 52.4 Å². The van der Waals surface area contributed by atoms with Gasteiger partial charge in [-0.25, -0.2) is 0 Å². The quantitative estimate of drug-likeness (QED) is 0.500. The van der Waals surface area contributed by atoms with Crippen molar-refractivity contribution in [1.82, 2.24) is 0 Å². The molecule has 2 atom stereocenters. The van der Waals surface area contributed by atoms with E-state index in [2.05, 4.69) is 93.7 Å². The maximum atomic E-state index is 13.9. The molecule has 3 aliphatic carbocycles. The summed E-state index contributed by atoms with van der Waals surface area (Å²) in [4.78, 5) is 13.9. The van der Waals surface area contributed by atoms with Gasteiger partial charge in [-0.1, -0.05) is 79.6 Å². The van der Waals surface area contributed by atoms with E-state index in [1.165, 1.54) is 27.8 Å². The Morgan fingerprint density at radius 2 is 1.29 bits per heavy atom. The molecule has 3 aromatic carbocycles. The molecule has 0 saturated carbocycles. The first kappa shape index (κ1) is 20.1. The number of fused-ring (bicyclic) bond motifs is 1. The molecule has 31 heavy (non-hydrogen) atoms. The molecule has 1 N–H and O–H groups in total. The van der Waals surface area contributed by atoms with Gasteiger partial charge < -0.3 is 5.32 Å². The second-order valence-corrected chi connectivity index (χ2v) is 9.45. The summed E-state index contributed by atoms with van der Waals surface area (Å²) in [7, 11) is 0. The molecule has 0 fully saturated rings. The molecule has 0 radical (unpaired) electrons. The van der Waals surface area contributed by atoms with Gasteiger partial charge in [-0.05, 0) is 66.5 Å².